The lowest BCUT2D eigenvalue weighted by Gasteiger charge is -2.18. The smallest absolute Gasteiger partial charge is 0.254 e. The molecule has 3 heterocycles. The van der Waals surface area contributed by atoms with Gasteiger partial charge < -0.3 is 4.90 Å². The van der Waals surface area contributed by atoms with Gasteiger partial charge in [0.2, 0.25) is 0 Å². The molecule has 0 N–H and O–H groups in total. The van der Waals surface area contributed by atoms with Crippen molar-refractivity contribution < 1.29 is 4.79 Å². The molecule has 4 rings (SSSR count). The van der Waals surface area contributed by atoms with Crippen molar-refractivity contribution in [1.29, 1.82) is 0 Å². The molecule has 0 aliphatic heterocycles. The number of benzene rings is 1. The van der Waals surface area contributed by atoms with E-state index in [1.807, 2.05) is 54.8 Å². The third kappa shape index (κ3) is 3.57. The molecular weight excluding hydrogens is 356 g/mol. The molecule has 0 bridgehead atoms. The number of thiazole rings is 1. The van der Waals surface area contributed by atoms with Gasteiger partial charge in [0, 0.05) is 35.8 Å². The van der Waals surface area contributed by atoms with E-state index in [2.05, 4.69) is 9.97 Å². The lowest BCUT2D eigenvalue weighted by atomic mass is 10.0. The summed E-state index contributed by atoms with van der Waals surface area (Å²) in [4.78, 5) is 28.2. The summed E-state index contributed by atoms with van der Waals surface area (Å²) in [5.41, 5.74) is 4.04. The standard InChI is InChI=1S/C21H18N4OS/c1-14-23-16(13-27-14)12-25(2)21(26)18-11-20(15-7-9-22-10-8-15)24-19-6-4-3-5-17(18)19/h3-11,13H,12H2,1-2H3. The molecule has 0 aliphatic rings. The number of fused-ring (bicyclic) bond motifs is 1. The van der Waals surface area contributed by atoms with Crippen molar-refractivity contribution >= 4 is 28.1 Å². The van der Waals surface area contributed by atoms with E-state index < -0.39 is 0 Å². The summed E-state index contributed by atoms with van der Waals surface area (Å²) in [5.74, 6) is -0.0467. The van der Waals surface area contributed by atoms with Crippen molar-refractivity contribution in [3.05, 3.63) is 76.5 Å². The topological polar surface area (TPSA) is 59.0 Å². The number of rotatable bonds is 4. The number of aromatic nitrogens is 3. The molecule has 0 aliphatic carbocycles. The van der Waals surface area contributed by atoms with E-state index in [4.69, 9.17) is 4.98 Å². The second-order valence-electron chi connectivity index (χ2n) is 6.33. The number of carbonyl (C=O) groups excluding carboxylic acids is 1. The maximum Gasteiger partial charge on any atom is 0.254 e. The van der Waals surface area contributed by atoms with Crippen molar-refractivity contribution in [3.63, 3.8) is 0 Å². The van der Waals surface area contributed by atoms with E-state index in [-0.39, 0.29) is 5.91 Å². The van der Waals surface area contributed by atoms with E-state index in [1.165, 1.54) is 0 Å². The van der Waals surface area contributed by atoms with Crippen LogP contribution in [0.5, 0.6) is 0 Å². The summed E-state index contributed by atoms with van der Waals surface area (Å²) in [6, 6.07) is 13.4. The number of carbonyl (C=O) groups is 1. The Morgan fingerprint density at radius 3 is 2.63 bits per heavy atom. The fraction of sp³-hybridized carbons (Fsp3) is 0.143. The molecule has 0 saturated carbocycles. The number of pyridine rings is 2. The van der Waals surface area contributed by atoms with Crippen LogP contribution in [0.1, 0.15) is 21.1 Å². The fourth-order valence-electron chi connectivity index (χ4n) is 3.02. The Morgan fingerprint density at radius 2 is 1.89 bits per heavy atom. The van der Waals surface area contributed by atoms with Gasteiger partial charge in [0.05, 0.1) is 34.0 Å². The van der Waals surface area contributed by atoms with Crippen LogP contribution < -0.4 is 0 Å². The zero-order valence-electron chi connectivity index (χ0n) is 15.1. The molecule has 0 radical (unpaired) electrons. The molecule has 134 valence electrons. The van der Waals surface area contributed by atoms with Crippen LogP contribution in [0.25, 0.3) is 22.2 Å². The van der Waals surface area contributed by atoms with Gasteiger partial charge in [-0.05, 0) is 31.2 Å². The number of nitrogens with zero attached hydrogens (tertiary/aromatic N) is 4. The summed E-state index contributed by atoms with van der Waals surface area (Å²) in [6.45, 7) is 2.44. The lowest BCUT2D eigenvalue weighted by Crippen LogP contribution is -2.26. The Hall–Kier alpha value is -3.12. The predicted molar refractivity (Wildman–Crippen MR) is 108 cm³/mol. The van der Waals surface area contributed by atoms with Crippen molar-refractivity contribution in [3.8, 4) is 11.3 Å². The molecule has 1 amide bonds. The largest absolute Gasteiger partial charge is 0.336 e. The van der Waals surface area contributed by atoms with Crippen molar-refractivity contribution in [2.45, 2.75) is 13.5 Å². The van der Waals surface area contributed by atoms with Gasteiger partial charge in [-0.15, -0.1) is 11.3 Å². The molecule has 5 nitrogen and oxygen atoms in total. The zero-order valence-corrected chi connectivity index (χ0v) is 15.9. The van der Waals surface area contributed by atoms with Gasteiger partial charge in [-0.25, -0.2) is 9.97 Å². The third-order valence-electron chi connectivity index (χ3n) is 4.34. The van der Waals surface area contributed by atoms with Gasteiger partial charge >= 0.3 is 0 Å². The Balaban J connectivity index is 1.76. The van der Waals surface area contributed by atoms with Gasteiger partial charge in [0.25, 0.3) is 5.91 Å². The summed E-state index contributed by atoms with van der Waals surface area (Å²) in [7, 11) is 1.80. The first kappa shape index (κ1) is 17.3. The number of aryl methyl sites for hydroxylation is 1. The molecule has 4 aromatic rings. The molecule has 27 heavy (non-hydrogen) atoms. The molecule has 0 spiro atoms. The number of hydrogen-bond donors (Lipinski definition) is 0. The van der Waals surface area contributed by atoms with E-state index in [0.29, 0.717) is 12.1 Å². The maximum absolute atomic E-state index is 13.2. The quantitative estimate of drug-likeness (QED) is 0.533. The van der Waals surface area contributed by atoms with Crippen LogP contribution in [0.4, 0.5) is 0 Å². The molecule has 6 heteroatoms. The SMILES string of the molecule is Cc1nc(CN(C)C(=O)c2cc(-c3ccncc3)nc3ccccc23)cs1. The molecule has 3 aromatic heterocycles. The Morgan fingerprint density at radius 1 is 1.11 bits per heavy atom. The van der Waals surface area contributed by atoms with Gasteiger partial charge in [0.15, 0.2) is 0 Å². The summed E-state index contributed by atoms with van der Waals surface area (Å²) in [6.07, 6.45) is 3.45. The lowest BCUT2D eigenvalue weighted by molar-refractivity contribution is 0.0785. The third-order valence-corrected chi connectivity index (χ3v) is 5.16. The number of para-hydroxylation sites is 1. The van der Waals surface area contributed by atoms with E-state index in [9.17, 15) is 4.79 Å². The van der Waals surface area contributed by atoms with E-state index >= 15 is 0 Å². The molecule has 0 unspecified atom stereocenters. The van der Waals surface area contributed by atoms with Crippen LogP contribution in [0, 0.1) is 6.92 Å². The average molecular weight is 374 g/mol. The fourth-order valence-corrected chi connectivity index (χ4v) is 3.63. The molecule has 0 fully saturated rings. The minimum absolute atomic E-state index is 0.0467. The molecule has 0 saturated heterocycles. The normalized spacial score (nSPS) is 10.9. The van der Waals surface area contributed by atoms with Crippen LogP contribution in [-0.4, -0.2) is 32.8 Å². The summed E-state index contributed by atoms with van der Waals surface area (Å²) < 4.78 is 0. The molecule has 1 aromatic carbocycles. The van der Waals surface area contributed by atoms with Crippen LogP contribution in [-0.2, 0) is 6.54 Å². The highest BCUT2D eigenvalue weighted by molar-refractivity contribution is 7.09. The highest BCUT2D eigenvalue weighted by atomic mass is 32.1. The highest BCUT2D eigenvalue weighted by Gasteiger charge is 2.18. The van der Waals surface area contributed by atoms with Crippen molar-refractivity contribution in [2.75, 3.05) is 7.05 Å². The van der Waals surface area contributed by atoms with E-state index in [1.54, 1.807) is 35.7 Å². The first-order valence-corrected chi connectivity index (χ1v) is 9.46. The first-order chi connectivity index (χ1) is 13.1. The first-order valence-electron chi connectivity index (χ1n) is 8.58. The second-order valence-corrected chi connectivity index (χ2v) is 7.39. The Kier molecular flexibility index (Phi) is 4.64. The number of amides is 1. The minimum atomic E-state index is -0.0467. The van der Waals surface area contributed by atoms with Gasteiger partial charge in [-0.2, -0.15) is 0 Å². The van der Waals surface area contributed by atoms with Crippen LogP contribution in [0.2, 0.25) is 0 Å². The van der Waals surface area contributed by atoms with Crippen LogP contribution in [0.3, 0.4) is 0 Å². The highest BCUT2D eigenvalue weighted by Crippen LogP contribution is 2.25. The second kappa shape index (κ2) is 7.25. The molecule has 0 atom stereocenters. The number of hydrogen-bond acceptors (Lipinski definition) is 5. The van der Waals surface area contributed by atoms with Gasteiger partial charge in [0.1, 0.15) is 0 Å². The predicted octanol–water partition coefficient (Wildman–Crippen LogP) is 4.33. The minimum Gasteiger partial charge on any atom is -0.336 e. The Labute approximate surface area is 161 Å². The van der Waals surface area contributed by atoms with Crippen molar-refractivity contribution in [1.82, 2.24) is 19.9 Å². The average Bonchev–Trinajstić information content (AvgIpc) is 3.11. The van der Waals surface area contributed by atoms with Gasteiger partial charge in [-0.1, -0.05) is 18.2 Å². The van der Waals surface area contributed by atoms with Crippen molar-refractivity contribution in [2.24, 2.45) is 0 Å². The Bertz CT molecular complexity index is 1110. The van der Waals surface area contributed by atoms with Crippen LogP contribution in [0.15, 0.2) is 60.2 Å². The van der Waals surface area contributed by atoms with Crippen LogP contribution >= 0.6 is 11.3 Å². The van der Waals surface area contributed by atoms with Gasteiger partial charge in [-0.3, -0.25) is 9.78 Å². The summed E-state index contributed by atoms with van der Waals surface area (Å²) >= 11 is 1.59. The maximum atomic E-state index is 13.2. The molecular formula is C21H18N4OS. The van der Waals surface area contributed by atoms with E-state index in [0.717, 1.165) is 32.9 Å². The zero-order chi connectivity index (χ0) is 18.8. The monoisotopic (exact) mass is 374 g/mol. The summed E-state index contributed by atoms with van der Waals surface area (Å²) in [5, 5.41) is 3.84.